The quantitative estimate of drug-likeness (QED) is 0.925. The lowest BCUT2D eigenvalue weighted by atomic mass is 9.89. The van der Waals surface area contributed by atoms with Crippen LogP contribution in [-0.4, -0.2) is 45.1 Å². The van der Waals surface area contributed by atoms with Gasteiger partial charge < -0.3 is 9.47 Å². The van der Waals surface area contributed by atoms with Gasteiger partial charge in [-0.3, -0.25) is 0 Å². The molecule has 0 spiro atoms. The highest BCUT2D eigenvalue weighted by molar-refractivity contribution is 7.92. The number of benzene rings is 1. The Kier molecular flexibility index (Phi) is 4.80. The lowest BCUT2D eigenvalue weighted by molar-refractivity contribution is 0.256. The first-order valence-corrected chi connectivity index (χ1v) is 9.83. The standard InChI is InChI=1S/C18H25N3O2S/c1-19-24(22,23)11-8-14-4-5-18-16(12-14)17(13-21(18)3)15-6-9-20(2)10-7-15/h4-5,8,11-13,15,19H,6-7,9-10H2,1-3H3. The van der Waals surface area contributed by atoms with Crippen molar-refractivity contribution < 1.29 is 8.42 Å². The molecule has 0 atom stereocenters. The van der Waals surface area contributed by atoms with Crippen LogP contribution < -0.4 is 4.72 Å². The number of hydrogen-bond acceptors (Lipinski definition) is 3. The lowest BCUT2D eigenvalue weighted by Crippen LogP contribution is -2.29. The molecular formula is C18H25N3O2S. The van der Waals surface area contributed by atoms with Gasteiger partial charge in [-0.1, -0.05) is 6.07 Å². The fourth-order valence-corrected chi connectivity index (χ4v) is 3.90. The van der Waals surface area contributed by atoms with Crippen molar-refractivity contribution in [3.8, 4) is 0 Å². The second kappa shape index (κ2) is 6.70. The fourth-order valence-electron chi connectivity index (χ4n) is 3.42. The zero-order valence-electron chi connectivity index (χ0n) is 14.5. The summed E-state index contributed by atoms with van der Waals surface area (Å²) in [7, 11) is 2.31. The first kappa shape index (κ1) is 17.2. The summed E-state index contributed by atoms with van der Waals surface area (Å²) in [6.07, 6.45) is 6.23. The van der Waals surface area contributed by atoms with Crippen LogP contribution in [0, 0.1) is 0 Å². The van der Waals surface area contributed by atoms with Crippen molar-refractivity contribution in [2.24, 2.45) is 7.05 Å². The van der Waals surface area contributed by atoms with Crippen molar-refractivity contribution in [3.63, 3.8) is 0 Å². The van der Waals surface area contributed by atoms with Crippen LogP contribution in [0.4, 0.5) is 0 Å². The number of hydrogen-bond donors (Lipinski definition) is 1. The number of sulfonamides is 1. The van der Waals surface area contributed by atoms with Gasteiger partial charge in [0.05, 0.1) is 0 Å². The molecule has 1 N–H and O–H groups in total. The molecule has 24 heavy (non-hydrogen) atoms. The first-order chi connectivity index (χ1) is 11.4. The van der Waals surface area contributed by atoms with E-state index < -0.39 is 10.0 Å². The van der Waals surface area contributed by atoms with Crippen molar-refractivity contribution in [1.29, 1.82) is 0 Å². The van der Waals surface area contributed by atoms with Gasteiger partial charge in [-0.15, -0.1) is 0 Å². The topological polar surface area (TPSA) is 54.3 Å². The third kappa shape index (κ3) is 3.55. The largest absolute Gasteiger partial charge is 0.350 e. The average molecular weight is 347 g/mol. The summed E-state index contributed by atoms with van der Waals surface area (Å²) in [6.45, 7) is 2.25. The number of likely N-dealkylation sites (tertiary alicyclic amines) is 1. The molecule has 130 valence electrons. The van der Waals surface area contributed by atoms with Crippen LogP contribution in [0.25, 0.3) is 17.0 Å². The Balaban J connectivity index is 1.97. The number of fused-ring (bicyclic) bond motifs is 1. The second-order valence-corrected chi connectivity index (χ2v) is 8.37. The van der Waals surface area contributed by atoms with E-state index in [1.54, 1.807) is 6.08 Å². The van der Waals surface area contributed by atoms with E-state index in [9.17, 15) is 8.42 Å². The van der Waals surface area contributed by atoms with Crippen LogP contribution >= 0.6 is 0 Å². The number of rotatable bonds is 4. The smallest absolute Gasteiger partial charge is 0.233 e. The molecule has 0 aliphatic carbocycles. The highest BCUT2D eigenvalue weighted by Crippen LogP contribution is 2.34. The van der Waals surface area contributed by atoms with Gasteiger partial charge in [-0.25, -0.2) is 13.1 Å². The number of aromatic nitrogens is 1. The van der Waals surface area contributed by atoms with Gasteiger partial charge >= 0.3 is 0 Å². The Morgan fingerprint density at radius 1 is 1.21 bits per heavy atom. The van der Waals surface area contributed by atoms with Gasteiger partial charge in [0, 0.05) is 29.6 Å². The number of piperidine rings is 1. The van der Waals surface area contributed by atoms with Gasteiger partial charge in [-0.2, -0.15) is 0 Å². The molecular weight excluding hydrogens is 322 g/mol. The molecule has 1 aromatic heterocycles. The maximum atomic E-state index is 11.6. The van der Waals surface area contributed by atoms with Crippen molar-refractivity contribution >= 4 is 27.0 Å². The summed E-state index contributed by atoms with van der Waals surface area (Å²) in [6, 6.07) is 6.13. The van der Waals surface area contributed by atoms with E-state index in [1.807, 2.05) is 6.07 Å². The minimum absolute atomic E-state index is 0.574. The van der Waals surface area contributed by atoms with E-state index in [0.717, 1.165) is 18.7 Å². The molecule has 2 heterocycles. The van der Waals surface area contributed by atoms with Gasteiger partial charge in [0.25, 0.3) is 0 Å². The molecule has 0 unspecified atom stereocenters. The molecule has 1 aliphatic heterocycles. The molecule has 1 saturated heterocycles. The number of nitrogens with zero attached hydrogens (tertiary/aromatic N) is 2. The van der Waals surface area contributed by atoms with Crippen LogP contribution in [0.2, 0.25) is 0 Å². The van der Waals surface area contributed by atoms with Gasteiger partial charge in [0.1, 0.15) is 0 Å². The third-order valence-corrected chi connectivity index (χ3v) is 5.99. The van der Waals surface area contributed by atoms with E-state index in [4.69, 9.17) is 0 Å². The normalized spacial score (nSPS) is 18.0. The maximum Gasteiger partial charge on any atom is 0.233 e. The Bertz CT molecular complexity index is 860. The third-order valence-electron chi connectivity index (χ3n) is 4.93. The Hall–Kier alpha value is -1.63. The van der Waals surface area contributed by atoms with Crippen LogP contribution in [0.15, 0.2) is 29.8 Å². The Labute approximate surface area is 144 Å². The molecule has 0 saturated carbocycles. The lowest BCUT2D eigenvalue weighted by Gasteiger charge is -2.28. The summed E-state index contributed by atoms with van der Waals surface area (Å²) in [4.78, 5) is 2.37. The predicted molar refractivity (Wildman–Crippen MR) is 99.4 cm³/mol. The van der Waals surface area contributed by atoms with Crippen LogP contribution in [-0.2, 0) is 17.1 Å². The molecule has 5 nitrogen and oxygen atoms in total. The minimum atomic E-state index is -3.34. The number of aryl methyl sites for hydroxylation is 1. The van der Waals surface area contributed by atoms with Gasteiger partial charge in [-0.05, 0) is 75.3 Å². The van der Waals surface area contributed by atoms with Crippen molar-refractivity contribution in [3.05, 3.63) is 40.9 Å². The zero-order valence-corrected chi connectivity index (χ0v) is 15.3. The molecule has 0 bridgehead atoms. The van der Waals surface area contributed by atoms with E-state index >= 15 is 0 Å². The minimum Gasteiger partial charge on any atom is -0.350 e. The van der Waals surface area contributed by atoms with Crippen molar-refractivity contribution in [1.82, 2.24) is 14.2 Å². The van der Waals surface area contributed by atoms with Crippen LogP contribution in [0.5, 0.6) is 0 Å². The molecule has 1 aliphatic rings. The van der Waals surface area contributed by atoms with Crippen molar-refractivity contribution in [2.75, 3.05) is 27.2 Å². The van der Waals surface area contributed by atoms with Crippen molar-refractivity contribution in [2.45, 2.75) is 18.8 Å². The van der Waals surface area contributed by atoms with Crippen LogP contribution in [0.1, 0.15) is 29.9 Å². The van der Waals surface area contributed by atoms with E-state index in [1.165, 1.54) is 41.8 Å². The molecule has 1 aromatic carbocycles. The predicted octanol–water partition coefficient (Wildman–Crippen LogP) is 2.51. The Morgan fingerprint density at radius 3 is 2.58 bits per heavy atom. The maximum absolute atomic E-state index is 11.6. The van der Waals surface area contributed by atoms with Gasteiger partial charge in [0.15, 0.2) is 0 Å². The highest BCUT2D eigenvalue weighted by Gasteiger charge is 2.21. The first-order valence-electron chi connectivity index (χ1n) is 8.29. The monoisotopic (exact) mass is 347 g/mol. The Morgan fingerprint density at radius 2 is 1.92 bits per heavy atom. The fraction of sp³-hybridized carbons (Fsp3) is 0.444. The second-order valence-electron chi connectivity index (χ2n) is 6.60. The molecule has 0 radical (unpaired) electrons. The summed E-state index contributed by atoms with van der Waals surface area (Å²) in [5, 5.41) is 2.45. The summed E-state index contributed by atoms with van der Waals surface area (Å²) >= 11 is 0. The molecule has 0 amide bonds. The van der Waals surface area contributed by atoms with Crippen LogP contribution in [0.3, 0.4) is 0 Å². The number of nitrogens with one attached hydrogen (secondary N) is 1. The molecule has 2 aromatic rings. The van der Waals surface area contributed by atoms with E-state index in [2.05, 4.69) is 46.6 Å². The summed E-state index contributed by atoms with van der Waals surface area (Å²) < 4.78 is 27.6. The average Bonchev–Trinajstić information content (AvgIpc) is 2.90. The van der Waals surface area contributed by atoms with E-state index in [0.29, 0.717) is 5.92 Å². The molecule has 3 rings (SSSR count). The van der Waals surface area contributed by atoms with Gasteiger partial charge in [0.2, 0.25) is 10.0 Å². The SMILES string of the molecule is CNS(=O)(=O)C=Cc1ccc2c(c1)c(C1CCN(C)CC1)cn2C. The molecule has 1 fully saturated rings. The highest BCUT2D eigenvalue weighted by atomic mass is 32.2. The van der Waals surface area contributed by atoms with E-state index in [-0.39, 0.29) is 0 Å². The summed E-state index contributed by atoms with van der Waals surface area (Å²) in [5.74, 6) is 0.574. The molecule has 6 heteroatoms. The summed E-state index contributed by atoms with van der Waals surface area (Å²) in [5.41, 5.74) is 3.48. The zero-order chi connectivity index (χ0) is 17.3.